The van der Waals surface area contributed by atoms with Gasteiger partial charge in [-0.3, -0.25) is 0 Å². The minimum absolute atomic E-state index is 0.0371. The first-order valence-electron chi connectivity index (χ1n) is 10.4. The summed E-state index contributed by atoms with van der Waals surface area (Å²) in [4.78, 5) is 11.5. The third-order valence-corrected chi connectivity index (χ3v) is 5.25. The molecule has 1 saturated heterocycles. The van der Waals surface area contributed by atoms with E-state index in [2.05, 4.69) is 74.5 Å². The molecule has 4 rings (SSSR count). The molecule has 0 radical (unpaired) electrons. The van der Waals surface area contributed by atoms with E-state index >= 15 is 0 Å². The van der Waals surface area contributed by atoms with Crippen LogP contribution in [0.25, 0.3) is 11.3 Å². The molecule has 1 aliphatic rings. The maximum atomic E-state index is 5.51. The third-order valence-electron chi connectivity index (χ3n) is 5.25. The normalized spacial score (nSPS) is 15.5. The Balaban J connectivity index is 1.62. The molecule has 0 N–H and O–H groups in total. The fraction of sp³-hybridized carbons (Fsp3) is 0.333. The van der Waals surface area contributed by atoms with Gasteiger partial charge in [-0.05, 0) is 32.4 Å². The van der Waals surface area contributed by atoms with Crippen LogP contribution in [0.2, 0.25) is 0 Å². The second-order valence-corrected chi connectivity index (χ2v) is 7.58. The van der Waals surface area contributed by atoms with Crippen molar-refractivity contribution in [2.75, 3.05) is 31.2 Å². The zero-order chi connectivity index (χ0) is 20.9. The Bertz CT molecular complexity index is 1030. The molecule has 3 aromatic rings. The van der Waals surface area contributed by atoms with E-state index in [4.69, 9.17) is 4.74 Å². The molecule has 30 heavy (non-hydrogen) atoms. The van der Waals surface area contributed by atoms with Crippen LogP contribution in [-0.2, 0) is 4.74 Å². The molecule has 1 aromatic heterocycles. The second kappa shape index (κ2) is 9.13. The SMILES string of the molecule is Cc1ccc(C(C)N=Nc2cc(-c3ccccc3N3CCOCC3)nc(C)n2)cc1. The van der Waals surface area contributed by atoms with Crippen molar-refractivity contribution in [3.63, 3.8) is 0 Å². The third kappa shape index (κ3) is 4.71. The van der Waals surface area contributed by atoms with Gasteiger partial charge in [-0.1, -0.05) is 48.0 Å². The van der Waals surface area contributed by atoms with Gasteiger partial charge < -0.3 is 9.64 Å². The molecular weight excluding hydrogens is 374 g/mol. The monoisotopic (exact) mass is 401 g/mol. The van der Waals surface area contributed by atoms with Gasteiger partial charge in [-0.25, -0.2) is 9.97 Å². The van der Waals surface area contributed by atoms with Crippen LogP contribution in [0.1, 0.15) is 29.9 Å². The summed E-state index contributed by atoms with van der Waals surface area (Å²) < 4.78 is 5.51. The highest BCUT2D eigenvalue weighted by molar-refractivity contribution is 5.77. The molecule has 2 aromatic carbocycles. The number of hydrogen-bond acceptors (Lipinski definition) is 6. The summed E-state index contributed by atoms with van der Waals surface area (Å²) in [5.74, 6) is 1.26. The Morgan fingerprint density at radius 2 is 1.70 bits per heavy atom. The van der Waals surface area contributed by atoms with E-state index in [1.165, 1.54) is 5.56 Å². The van der Waals surface area contributed by atoms with E-state index in [9.17, 15) is 0 Å². The van der Waals surface area contributed by atoms with Gasteiger partial charge in [0.05, 0.1) is 24.9 Å². The van der Waals surface area contributed by atoms with Crippen molar-refractivity contribution >= 4 is 11.5 Å². The number of nitrogens with zero attached hydrogens (tertiary/aromatic N) is 5. The van der Waals surface area contributed by atoms with Crippen molar-refractivity contribution in [1.29, 1.82) is 0 Å². The van der Waals surface area contributed by atoms with Gasteiger partial charge in [0.25, 0.3) is 0 Å². The van der Waals surface area contributed by atoms with Gasteiger partial charge in [-0.2, -0.15) is 5.11 Å². The number of ether oxygens (including phenoxy) is 1. The Morgan fingerprint density at radius 3 is 2.47 bits per heavy atom. The predicted molar refractivity (Wildman–Crippen MR) is 119 cm³/mol. The van der Waals surface area contributed by atoms with Crippen molar-refractivity contribution in [2.24, 2.45) is 10.2 Å². The van der Waals surface area contributed by atoms with E-state index in [0.29, 0.717) is 11.6 Å². The van der Waals surface area contributed by atoms with Gasteiger partial charge in [0, 0.05) is 30.4 Å². The predicted octanol–water partition coefficient (Wildman–Crippen LogP) is 5.44. The molecule has 1 atom stereocenters. The largest absolute Gasteiger partial charge is 0.378 e. The first kappa shape index (κ1) is 20.2. The van der Waals surface area contributed by atoms with E-state index in [0.717, 1.165) is 48.8 Å². The quantitative estimate of drug-likeness (QED) is 0.534. The Labute approximate surface area is 177 Å². The van der Waals surface area contributed by atoms with Crippen LogP contribution in [0, 0.1) is 13.8 Å². The standard InChI is InChI=1S/C24H27N5O/c1-17-8-10-20(11-9-17)18(2)27-28-24-16-22(25-19(3)26-24)21-6-4-5-7-23(21)29-12-14-30-15-13-29/h4-11,16,18H,12-15H2,1-3H3. The minimum Gasteiger partial charge on any atom is -0.378 e. The highest BCUT2D eigenvalue weighted by Gasteiger charge is 2.17. The molecule has 0 saturated carbocycles. The number of aryl methyl sites for hydroxylation is 2. The highest BCUT2D eigenvalue weighted by atomic mass is 16.5. The summed E-state index contributed by atoms with van der Waals surface area (Å²) in [6.07, 6.45) is 0. The maximum absolute atomic E-state index is 5.51. The number of benzene rings is 2. The van der Waals surface area contributed by atoms with Gasteiger partial charge in [0.2, 0.25) is 0 Å². The lowest BCUT2D eigenvalue weighted by molar-refractivity contribution is 0.123. The van der Waals surface area contributed by atoms with Crippen LogP contribution in [0.15, 0.2) is 64.8 Å². The first-order valence-corrected chi connectivity index (χ1v) is 10.4. The van der Waals surface area contributed by atoms with Crippen molar-refractivity contribution in [1.82, 2.24) is 9.97 Å². The molecular formula is C24H27N5O. The Kier molecular flexibility index (Phi) is 6.14. The van der Waals surface area contributed by atoms with Crippen LogP contribution in [-0.4, -0.2) is 36.3 Å². The van der Waals surface area contributed by atoms with E-state index in [1.807, 2.05) is 26.0 Å². The lowest BCUT2D eigenvalue weighted by Crippen LogP contribution is -2.36. The zero-order valence-corrected chi connectivity index (χ0v) is 17.7. The number of para-hydroxylation sites is 1. The van der Waals surface area contributed by atoms with Crippen molar-refractivity contribution in [3.05, 3.63) is 71.5 Å². The van der Waals surface area contributed by atoms with Crippen LogP contribution in [0.4, 0.5) is 11.5 Å². The van der Waals surface area contributed by atoms with Gasteiger partial charge in [0.1, 0.15) is 5.82 Å². The molecule has 0 aliphatic carbocycles. The van der Waals surface area contributed by atoms with Gasteiger partial charge in [-0.15, -0.1) is 5.11 Å². The molecule has 1 aliphatic heterocycles. The lowest BCUT2D eigenvalue weighted by atomic mass is 10.1. The molecule has 2 heterocycles. The Morgan fingerprint density at radius 1 is 0.967 bits per heavy atom. The molecule has 0 amide bonds. The number of rotatable bonds is 5. The number of anilines is 1. The van der Waals surface area contributed by atoms with E-state index in [-0.39, 0.29) is 6.04 Å². The van der Waals surface area contributed by atoms with Crippen LogP contribution >= 0.6 is 0 Å². The topological polar surface area (TPSA) is 63.0 Å². The van der Waals surface area contributed by atoms with E-state index < -0.39 is 0 Å². The van der Waals surface area contributed by atoms with Crippen molar-refractivity contribution in [2.45, 2.75) is 26.8 Å². The average Bonchev–Trinajstić information content (AvgIpc) is 2.78. The molecule has 0 bridgehead atoms. The lowest BCUT2D eigenvalue weighted by Gasteiger charge is -2.30. The summed E-state index contributed by atoms with van der Waals surface area (Å²) in [5.41, 5.74) is 5.47. The summed E-state index contributed by atoms with van der Waals surface area (Å²) >= 11 is 0. The number of hydrogen-bond donors (Lipinski definition) is 0. The van der Waals surface area contributed by atoms with Crippen LogP contribution in [0.3, 0.4) is 0 Å². The molecule has 1 unspecified atom stereocenters. The Hall–Kier alpha value is -3.12. The van der Waals surface area contributed by atoms with Crippen molar-refractivity contribution in [3.8, 4) is 11.3 Å². The molecule has 154 valence electrons. The highest BCUT2D eigenvalue weighted by Crippen LogP contribution is 2.32. The zero-order valence-electron chi connectivity index (χ0n) is 17.7. The first-order chi connectivity index (χ1) is 14.6. The average molecular weight is 402 g/mol. The number of aromatic nitrogens is 2. The van der Waals surface area contributed by atoms with Crippen LogP contribution < -0.4 is 4.90 Å². The molecule has 1 fully saturated rings. The maximum Gasteiger partial charge on any atom is 0.177 e. The fourth-order valence-corrected chi connectivity index (χ4v) is 3.57. The molecule has 6 nitrogen and oxygen atoms in total. The summed E-state index contributed by atoms with van der Waals surface area (Å²) in [5, 5.41) is 8.92. The summed E-state index contributed by atoms with van der Waals surface area (Å²) in [6.45, 7) is 9.25. The van der Waals surface area contributed by atoms with Crippen LogP contribution in [0.5, 0.6) is 0 Å². The molecule has 6 heteroatoms. The minimum atomic E-state index is -0.0371. The summed E-state index contributed by atoms with van der Waals surface area (Å²) in [7, 11) is 0. The van der Waals surface area contributed by atoms with E-state index in [1.54, 1.807) is 0 Å². The summed E-state index contributed by atoms with van der Waals surface area (Å²) in [6, 6.07) is 18.6. The fourth-order valence-electron chi connectivity index (χ4n) is 3.57. The van der Waals surface area contributed by atoms with Crippen molar-refractivity contribution < 1.29 is 4.74 Å². The second-order valence-electron chi connectivity index (χ2n) is 7.58. The van der Waals surface area contributed by atoms with Gasteiger partial charge >= 0.3 is 0 Å². The smallest absolute Gasteiger partial charge is 0.177 e. The molecule has 0 spiro atoms. The van der Waals surface area contributed by atoms with Gasteiger partial charge in [0.15, 0.2) is 5.82 Å². The number of morpholine rings is 1. The number of azo groups is 1.